The molecule has 124 valence electrons. The average molecular weight is 338 g/mol. The van der Waals surface area contributed by atoms with Crippen LogP contribution in [0.1, 0.15) is 24.4 Å². The molecule has 0 N–H and O–H groups in total. The van der Waals surface area contributed by atoms with E-state index in [9.17, 15) is 27.9 Å². The first-order chi connectivity index (χ1) is 10.7. The van der Waals surface area contributed by atoms with Gasteiger partial charge in [0.05, 0.1) is 6.04 Å². The first-order valence-electron chi connectivity index (χ1n) is 7.02. The lowest BCUT2D eigenvalue weighted by Gasteiger charge is -2.27. The van der Waals surface area contributed by atoms with E-state index in [1.54, 1.807) is 30.3 Å². The molecule has 1 aliphatic heterocycles. The number of rotatable bonds is 6. The third-order valence-electron chi connectivity index (χ3n) is 3.73. The van der Waals surface area contributed by atoms with Gasteiger partial charge in [-0.2, -0.15) is 0 Å². The maximum absolute atomic E-state index is 12.2. The molecule has 0 spiro atoms. The van der Waals surface area contributed by atoms with Gasteiger partial charge in [-0.15, -0.1) is 0 Å². The van der Waals surface area contributed by atoms with Crippen LogP contribution in [-0.4, -0.2) is 49.0 Å². The van der Waals surface area contributed by atoms with Crippen molar-refractivity contribution in [1.82, 2.24) is 4.90 Å². The molecule has 7 nitrogen and oxygen atoms in total. The van der Waals surface area contributed by atoms with Crippen molar-refractivity contribution in [2.24, 2.45) is 0 Å². The summed E-state index contributed by atoms with van der Waals surface area (Å²) < 4.78 is 24.0. The second kappa shape index (κ2) is 6.49. The molecule has 2 atom stereocenters. The summed E-state index contributed by atoms with van der Waals surface area (Å²) in [5, 5.41) is 9.04. The molecule has 8 heteroatoms. The highest BCUT2D eigenvalue weighted by Gasteiger charge is 2.52. The van der Waals surface area contributed by atoms with Gasteiger partial charge in [0.1, 0.15) is 0 Å². The summed E-state index contributed by atoms with van der Waals surface area (Å²) in [5.41, 5.74) is 0.524. The van der Waals surface area contributed by atoms with Gasteiger partial charge in [0.2, 0.25) is 5.78 Å². The van der Waals surface area contributed by atoms with Crippen LogP contribution in [0.25, 0.3) is 0 Å². The van der Waals surface area contributed by atoms with Gasteiger partial charge in [-0.05, 0) is 18.4 Å². The highest BCUT2D eigenvalue weighted by molar-refractivity contribution is 7.92. The van der Waals surface area contributed by atoms with E-state index in [1.807, 2.05) is 0 Å². The van der Waals surface area contributed by atoms with Gasteiger partial charge in [-0.25, -0.2) is 8.42 Å². The van der Waals surface area contributed by atoms with Crippen LogP contribution in [0, 0.1) is 0 Å². The average Bonchev–Trinajstić information content (AvgIpc) is 2.72. The van der Waals surface area contributed by atoms with Gasteiger partial charge in [0.15, 0.2) is 15.1 Å². The molecule has 1 fully saturated rings. The maximum atomic E-state index is 12.2. The monoisotopic (exact) mass is 338 g/mol. The molecule has 0 bridgehead atoms. The SMILES string of the molecule is CS(=O)(=O)[C@H]1C(=O)C(=O)N(CCCC(=O)[O-])[C@@H]1c1ccccc1. The molecule has 1 amide bonds. The Kier molecular flexibility index (Phi) is 4.84. The molecule has 0 radical (unpaired) electrons. The van der Waals surface area contributed by atoms with Crippen molar-refractivity contribution in [3.05, 3.63) is 35.9 Å². The molecular weight excluding hydrogens is 322 g/mol. The topological polar surface area (TPSA) is 112 Å². The van der Waals surface area contributed by atoms with E-state index in [0.717, 1.165) is 11.2 Å². The fourth-order valence-electron chi connectivity index (χ4n) is 2.76. The molecule has 0 saturated carbocycles. The first kappa shape index (κ1) is 17.1. The number of carboxylic acids is 1. The van der Waals surface area contributed by atoms with E-state index < -0.39 is 38.8 Å². The van der Waals surface area contributed by atoms with Gasteiger partial charge in [0, 0.05) is 18.8 Å². The normalized spacial score (nSPS) is 21.7. The molecule has 0 aromatic heterocycles. The number of carbonyl (C=O) groups is 3. The Hall–Kier alpha value is -2.22. The van der Waals surface area contributed by atoms with Crippen molar-refractivity contribution in [2.45, 2.75) is 24.1 Å². The lowest BCUT2D eigenvalue weighted by atomic mass is 10.0. The zero-order chi connectivity index (χ0) is 17.2. The van der Waals surface area contributed by atoms with Gasteiger partial charge in [-0.1, -0.05) is 30.3 Å². The number of likely N-dealkylation sites (tertiary alicyclic amines) is 1. The number of ketones is 1. The molecule has 23 heavy (non-hydrogen) atoms. The highest BCUT2D eigenvalue weighted by atomic mass is 32.2. The molecule has 1 aromatic rings. The number of amides is 1. The Labute approximate surface area is 133 Å². The summed E-state index contributed by atoms with van der Waals surface area (Å²) in [6.45, 7) is -0.0237. The van der Waals surface area contributed by atoms with Crippen LogP contribution in [0.15, 0.2) is 30.3 Å². The van der Waals surface area contributed by atoms with Crippen molar-refractivity contribution in [3.63, 3.8) is 0 Å². The van der Waals surface area contributed by atoms with Crippen LogP contribution in [0.3, 0.4) is 0 Å². The molecular formula is C15H16NO6S-. The number of aliphatic carboxylic acids is 1. The van der Waals surface area contributed by atoms with E-state index in [4.69, 9.17) is 0 Å². The molecule has 0 unspecified atom stereocenters. The fraction of sp³-hybridized carbons (Fsp3) is 0.400. The van der Waals surface area contributed by atoms with E-state index in [1.165, 1.54) is 0 Å². The smallest absolute Gasteiger partial charge is 0.292 e. The lowest BCUT2D eigenvalue weighted by molar-refractivity contribution is -0.305. The van der Waals surface area contributed by atoms with E-state index in [2.05, 4.69) is 0 Å². The minimum absolute atomic E-state index is 0.0237. The fourth-order valence-corrected chi connectivity index (χ4v) is 4.03. The zero-order valence-electron chi connectivity index (χ0n) is 12.5. The van der Waals surface area contributed by atoms with E-state index >= 15 is 0 Å². The van der Waals surface area contributed by atoms with Crippen molar-refractivity contribution in [1.29, 1.82) is 0 Å². The summed E-state index contributed by atoms with van der Waals surface area (Å²) in [5.74, 6) is -3.14. The van der Waals surface area contributed by atoms with E-state index in [0.29, 0.717) is 5.56 Å². The number of benzene rings is 1. The Morgan fingerprint density at radius 3 is 2.35 bits per heavy atom. The molecule has 1 heterocycles. The Morgan fingerprint density at radius 1 is 1.22 bits per heavy atom. The van der Waals surface area contributed by atoms with Crippen LogP contribution in [0.5, 0.6) is 0 Å². The largest absolute Gasteiger partial charge is 0.550 e. The Balaban J connectivity index is 2.40. The molecule has 2 rings (SSSR count). The molecule has 1 aliphatic rings. The van der Waals surface area contributed by atoms with Crippen LogP contribution in [0.2, 0.25) is 0 Å². The van der Waals surface area contributed by atoms with Gasteiger partial charge in [0.25, 0.3) is 5.91 Å². The summed E-state index contributed by atoms with van der Waals surface area (Å²) in [6, 6.07) is 7.44. The summed E-state index contributed by atoms with van der Waals surface area (Å²) in [6.07, 6.45) is 0.730. The minimum Gasteiger partial charge on any atom is -0.550 e. The Bertz CT molecular complexity index is 728. The maximum Gasteiger partial charge on any atom is 0.292 e. The highest BCUT2D eigenvalue weighted by Crippen LogP contribution is 2.35. The number of hydrogen-bond donors (Lipinski definition) is 0. The number of hydrogen-bond acceptors (Lipinski definition) is 6. The van der Waals surface area contributed by atoms with Crippen LogP contribution in [0.4, 0.5) is 0 Å². The van der Waals surface area contributed by atoms with Crippen molar-refractivity contribution in [3.8, 4) is 0 Å². The predicted molar refractivity (Wildman–Crippen MR) is 78.8 cm³/mol. The van der Waals surface area contributed by atoms with E-state index in [-0.39, 0.29) is 19.4 Å². The zero-order valence-corrected chi connectivity index (χ0v) is 13.3. The standard InChI is InChI=1S/C15H17NO6S/c1-23(21,22)14-12(10-6-3-2-4-7-10)16(15(20)13(14)19)9-5-8-11(17)18/h2-4,6-7,12,14H,5,8-9H2,1H3,(H,17,18)/p-1/t12-,14-/m1/s1. The van der Waals surface area contributed by atoms with Crippen molar-refractivity contribution < 1.29 is 27.9 Å². The molecule has 0 aliphatic carbocycles. The Morgan fingerprint density at radius 2 is 1.83 bits per heavy atom. The van der Waals surface area contributed by atoms with Crippen molar-refractivity contribution >= 4 is 27.5 Å². The number of carbonyl (C=O) groups excluding carboxylic acids is 3. The predicted octanol–water partition coefficient (Wildman–Crippen LogP) is -0.918. The summed E-state index contributed by atoms with van der Waals surface area (Å²) in [4.78, 5) is 36.0. The summed E-state index contributed by atoms with van der Waals surface area (Å²) >= 11 is 0. The lowest BCUT2D eigenvalue weighted by Crippen LogP contribution is -2.34. The molecule has 1 aromatic carbocycles. The molecule has 1 saturated heterocycles. The van der Waals surface area contributed by atoms with Gasteiger partial charge >= 0.3 is 0 Å². The quantitative estimate of drug-likeness (QED) is 0.620. The second-order valence-corrected chi connectivity index (χ2v) is 7.61. The number of Topliss-reactive ketones (excluding diaryl/α,β-unsaturated/α-hetero) is 1. The van der Waals surface area contributed by atoms with Crippen molar-refractivity contribution in [2.75, 3.05) is 12.8 Å². The second-order valence-electron chi connectivity index (χ2n) is 5.44. The number of nitrogens with zero attached hydrogens (tertiary/aromatic N) is 1. The third kappa shape index (κ3) is 3.58. The number of sulfone groups is 1. The van der Waals surface area contributed by atoms with Crippen LogP contribution >= 0.6 is 0 Å². The van der Waals surface area contributed by atoms with Crippen LogP contribution in [-0.2, 0) is 24.2 Å². The minimum atomic E-state index is -3.80. The third-order valence-corrected chi connectivity index (χ3v) is 5.13. The summed E-state index contributed by atoms with van der Waals surface area (Å²) in [7, 11) is -3.80. The van der Waals surface area contributed by atoms with Crippen LogP contribution < -0.4 is 5.11 Å². The number of carboxylic acid groups (broad SMARTS) is 1. The van der Waals surface area contributed by atoms with Gasteiger partial charge in [-0.3, -0.25) is 9.59 Å². The first-order valence-corrected chi connectivity index (χ1v) is 8.97. The van der Waals surface area contributed by atoms with Gasteiger partial charge < -0.3 is 14.8 Å².